The highest BCUT2D eigenvalue weighted by Crippen LogP contribution is 2.46. The Morgan fingerprint density at radius 1 is 1.07 bits per heavy atom. The van der Waals surface area contributed by atoms with Crippen LogP contribution in [0.5, 0.6) is 0 Å². The maximum absolute atomic E-state index is 12.8. The minimum absolute atomic E-state index is 0.0130. The summed E-state index contributed by atoms with van der Waals surface area (Å²) in [5, 5.41) is 12.6. The van der Waals surface area contributed by atoms with E-state index in [0.29, 0.717) is 12.0 Å². The molecule has 0 radical (unpaired) electrons. The van der Waals surface area contributed by atoms with Gasteiger partial charge in [-0.1, -0.05) is 11.8 Å². The second kappa shape index (κ2) is 8.01. The summed E-state index contributed by atoms with van der Waals surface area (Å²) in [6.45, 7) is 4.21. The molecule has 2 aromatic rings. The maximum atomic E-state index is 12.8. The number of carbonyl (C=O) groups excluding carboxylic acids is 1. The molecule has 1 atom stereocenters. The van der Waals surface area contributed by atoms with Gasteiger partial charge in [-0.3, -0.25) is 4.79 Å². The van der Waals surface area contributed by atoms with Crippen molar-refractivity contribution in [3.05, 3.63) is 30.1 Å². The normalized spacial score (nSPS) is 20.5. The lowest BCUT2D eigenvalue weighted by Crippen LogP contribution is -2.29. The first-order valence-electron chi connectivity index (χ1n) is 11.0. The van der Waals surface area contributed by atoms with E-state index in [0.717, 1.165) is 29.8 Å². The lowest BCUT2D eigenvalue weighted by molar-refractivity contribution is -0.115. The second-order valence-electron chi connectivity index (χ2n) is 8.56. The molecule has 3 fully saturated rings. The fraction of sp³-hybridized carbons (Fsp3) is 0.591. The highest BCUT2D eigenvalue weighted by atomic mass is 32.2. The molecule has 3 aliphatic rings. The Morgan fingerprint density at radius 2 is 1.79 bits per heavy atom. The molecule has 1 saturated heterocycles. The van der Waals surface area contributed by atoms with E-state index >= 15 is 0 Å². The first kappa shape index (κ1) is 19.0. The van der Waals surface area contributed by atoms with Crippen LogP contribution in [-0.2, 0) is 4.79 Å². The van der Waals surface area contributed by atoms with Gasteiger partial charge in [-0.05, 0) is 76.1 Å². The lowest BCUT2D eigenvalue weighted by Gasteiger charge is -2.28. The molecule has 29 heavy (non-hydrogen) atoms. The fourth-order valence-electron chi connectivity index (χ4n) is 4.03. The van der Waals surface area contributed by atoms with Gasteiger partial charge >= 0.3 is 0 Å². The SMILES string of the molecule is C[C@H](Sc1nnc(C2CC2)n1C1CC1)C(=O)Nc1ccc(N2CCCCC2)cc1. The summed E-state index contributed by atoms with van der Waals surface area (Å²) >= 11 is 1.53. The summed E-state index contributed by atoms with van der Waals surface area (Å²) in [4.78, 5) is 15.2. The van der Waals surface area contributed by atoms with Crippen LogP contribution >= 0.6 is 11.8 Å². The number of benzene rings is 1. The van der Waals surface area contributed by atoms with Gasteiger partial charge in [0.25, 0.3) is 0 Å². The van der Waals surface area contributed by atoms with Crippen molar-refractivity contribution < 1.29 is 4.79 Å². The average molecular weight is 412 g/mol. The van der Waals surface area contributed by atoms with Gasteiger partial charge in [0, 0.05) is 36.4 Å². The Kier molecular flexibility index (Phi) is 5.24. The minimum Gasteiger partial charge on any atom is -0.372 e. The molecule has 0 spiro atoms. The largest absolute Gasteiger partial charge is 0.372 e. The van der Waals surface area contributed by atoms with Gasteiger partial charge in [0.15, 0.2) is 5.16 Å². The van der Waals surface area contributed by atoms with Crippen molar-refractivity contribution in [1.82, 2.24) is 14.8 Å². The monoisotopic (exact) mass is 411 g/mol. The molecule has 5 rings (SSSR count). The van der Waals surface area contributed by atoms with Crippen LogP contribution in [-0.4, -0.2) is 39.0 Å². The van der Waals surface area contributed by atoms with E-state index in [1.165, 1.54) is 62.4 Å². The summed E-state index contributed by atoms with van der Waals surface area (Å²) in [5.41, 5.74) is 2.10. The maximum Gasteiger partial charge on any atom is 0.237 e. The number of nitrogens with zero attached hydrogens (tertiary/aromatic N) is 4. The van der Waals surface area contributed by atoms with E-state index in [9.17, 15) is 4.79 Å². The molecule has 1 aliphatic heterocycles. The third-order valence-electron chi connectivity index (χ3n) is 6.05. The number of amides is 1. The zero-order valence-corrected chi connectivity index (χ0v) is 17.8. The third kappa shape index (κ3) is 4.29. The van der Waals surface area contributed by atoms with Crippen molar-refractivity contribution in [3.8, 4) is 0 Å². The van der Waals surface area contributed by atoms with Crippen molar-refractivity contribution in [2.45, 2.75) is 74.2 Å². The molecule has 2 saturated carbocycles. The molecule has 7 heteroatoms. The third-order valence-corrected chi connectivity index (χ3v) is 7.11. The summed E-state index contributed by atoms with van der Waals surface area (Å²) in [6.07, 6.45) is 8.71. The number of anilines is 2. The van der Waals surface area contributed by atoms with Crippen molar-refractivity contribution >= 4 is 29.0 Å². The molecule has 1 aromatic heterocycles. The van der Waals surface area contributed by atoms with E-state index in [1.807, 2.05) is 19.1 Å². The van der Waals surface area contributed by atoms with Crippen molar-refractivity contribution in [3.63, 3.8) is 0 Å². The molecule has 0 bridgehead atoms. The highest BCUT2D eigenvalue weighted by molar-refractivity contribution is 8.00. The van der Waals surface area contributed by atoms with Crippen molar-refractivity contribution in [2.24, 2.45) is 0 Å². The first-order chi connectivity index (χ1) is 14.2. The zero-order chi connectivity index (χ0) is 19.8. The minimum atomic E-state index is -0.217. The lowest BCUT2D eigenvalue weighted by atomic mass is 10.1. The summed E-state index contributed by atoms with van der Waals surface area (Å²) in [6, 6.07) is 8.80. The predicted octanol–water partition coefficient (Wildman–Crippen LogP) is 4.60. The van der Waals surface area contributed by atoms with Gasteiger partial charge in [-0.15, -0.1) is 10.2 Å². The van der Waals surface area contributed by atoms with Gasteiger partial charge in [0.05, 0.1) is 5.25 Å². The standard InChI is InChI=1S/C22H29N5OS/c1-15(29-22-25-24-20(16-5-6-16)27(22)19-11-12-19)21(28)23-17-7-9-18(10-8-17)26-13-3-2-4-14-26/h7-10,15-16,19H,2-6,11-14H2,1H3,(H,23,28)/t15-/m0/s1. The van der Waals surface area contributed by atoms with Gasteiger partial charge in [0.2, 0.25) is 5.91 Å². The molecule has 2 heterocycles. The number of rotatable bonds is 7. The Labute approximate surface area is 176 Å². The molecule has 154 valence electrons. The topological polar surface area (TPSA) is 63.1 Å². The van der Waals surface area contributed by atoms with Gasteiger partial charge in [-0.2, -0.15) is 0 Å². The van der Waals surface area contributed by atoms with Crippen molar-refractivity contribution in [1.29, 1.82) is 0 Å². The summed E-state index contributed by atoms with van der Waals surface area (Å²) < 4.78 is 2.31. The van der Waals surface area contributed by atoms with Gasteiger partial charge in [0.1, 0.15) is 5.82 Å². The van der Waals surface area contributed by atoms with Crippen LogP contribution in [0.2, 0.25) is 0 Å². The summed E-state index contributed by atoms with van der Waals surface area (Å²) in [7, 11) is 0. The van der Waals surface area contributed by atoms with Gasteiger partial charge in [-0.25, -0.2) is 0 Å². The van der Waals surface area contributed by atoms with E-state index in [4.69, 9.17) is 0 Å². The van der Waals surface area contributed by atoms with Crippen LogP contribution < -0.4 is 10.2 Å². The molecule has 1 aromatic carbocycles. The zero-order valence-electron chi connectivity index (χ0n) is 17.0. The van der Waals surface area contributed by atoms with Crippen LogP contribution in [0.4, 0.5) is 11.4 Å². The van der Waals surface area contributed by atoms with Crippen molar-refractivity contribution in [2.75, 3.05) is 23.3 Å². The highest BCUT2D eigenvalue weighted by Gasteiger charge is 2.37. The fourth-order valence-corrected chi connectivity index (χ4v) is 4.95. The quantitative estimate of drug-likeness (QED) is 0.675. The molecule has 2 aliphatic carbocycles. The number of hydrogen-bond donors (Lipinski definition) is 1. The molecule has 1 amide bonds. The van der Waals surface area contributed by atoms with E-state index in [1.54, 1.807) is 0 Å². The molecular formula is C22H29N5OS. The van der Waals surface area contributed by atoms with Crippen LogP contribution in [0, 0.1) is 0 Å². The van der Waals surface area contributed by atoms with E-state index in [2.05, 4.69) is 37.1 Å². The van der Waals surface area contributed by atoms with Crippen LogP contribution in [0.3, 0.4) is 0 Å². The van der Waals surface area contributed by atoms with Crippen LogP contribution in [0.15, 0.2) is 29.4 Å². The van der Waals surface area contributed by atoms with Gasteiger partial charge < -0.3 is 14.8 Å². The Bertz CT molecular complexity index is 866. The molecule has 0 unspecified atom stereocenters. The second-order valence-corrected chi connectivity index (χ2v) is 9.87. The smallest absolute Gasteiger partial charge is 0.237 e. The number of hydrogen-bond acceptors (Lipinski definition) is 5. The average Bonchev–Trinajstić information content (AvgIpc) is 3.68. The predicted molar refractivity (Wildman–Crippen MR) is 117 cm³/mol. The number of thioether (sulfide) groups is 1. The number of aromatic nitrogens is 3. The number of nitrogens with one attached hydrogen (secondary N) is 1. The number of piperidine rings is 1. The Balaban J connectivity index is 1.21. The summed E-state index contributed by atoms with van der Waals surface area (Å²) in [5.74, 6) is 1.73. The Morgan fingerprint density at radius 3 is 2.45 bits per heavy atom. The number of carbonyl (C=O) groups is 1. The molecular weight excluding hydrogens is 382 g/mol. The molecule has 1 N–H and O–H groups in total. The first-order valence-corrected chi connectivity index (χ1v) is 11.8. The Hall–Kier alpha value is -2.02. The van der Waals surface area contributed by atoms with E-state index < -0.39 is 0 Å². The molecule has 6 nitrogen and oxygen atoms in total. The van der Waals surface area contributed by atoms with Crippen LogP contribution in [0.1, 0.15) is 69.7 Å². The van der Waals surface area contributed by atoms with Crippen LogP contribution in [0.25, 0.3) is 0 Å². The van der Waals surface area contributed by atoms with E-state index in [-0.39, 0.29) is 11.2 Å².